The smallest absolute Gasteiger partial charge is 0.197 e. The lowest BCUT2D eigenvalue weighted by atomic mass is 9.88. The van der Waals surface area contributed by atoms with Crippen LogP contribution < -0.4 is 4.74 Å². The van der Waals surface area contributed by atoms with Crippen molar-refractivity contribution in [1.82, 2.24) is 29.7 Å². The number of rotatable bonds is 6. The molecule has 5 heterocycles. The largest absolute Gasteiger partial charge is 0.493 e. The summed E-state index contributed by atoms with van der Waals surface area (Å²) in [4.78, 5) is 6.81. The van der Waals surface area contributed by atoms with Crippen molar-refractivity contribution < 1.29 is 9.47 Å². The van der Waals surface area contributed by atoms with Crippen molar-refractivity contribution in [3.05, 3.63) is 54.0 Å². The Morgan fingerprint density at radius 1 is 1.12 bits per heavy atom. The highest BCUT2D eigenvalue weighted by Crippen LogP contribution is 2.38. The molecule has 2 saturated heterocycles. The van der Waals surface area contributed by atoms with Crippen LogP contribution in [-0.4, -0.2) is 69.2 Å². The predicted molar refractivity (Wildman–Crippen MR) is 126 cm³/mol. The zero-order valence-corrected chi connectivity index (χ0v) is 19.2. The van der Waals surface area contributed by atoms with E-state index in [-0.39, 0.29) is 5.92 Å². The van der Waals surface area contributed by atoms with Crippen molar-refractivity contribution in [1.29, 1.82) is 0 Å². The minimum Gasteiger partial charge on any atom is -0.493 e. The summed E-state index contributed by atoms with van der Waals surface area (Å²) in [5.74, 6) is 1.58. The molecule has 33 heavy (non-hydrogen) atoms. The summed E-state index contributed by atoms with van der Waals surface area (Å²) >= 11 is 0. The van der Waals surface area contributed by atoms with Gasteiger partial charge in [0.15, 0.2) is 11.4 Å². The number of fused-ring (bicyclic) bond motifs is 1. The van der Waals surface area contributed by atoms with Gasteiger partial charge in [0.2, 0.25) is 0 Å². The van der Waals surface area contributed by atoms with Gasteiger partial charge in [-0.05, 0) is 17.5 Å². The Labute approximate surface area is 192 Å². The van der Waals surface area contributed by atoms with Gasteiger partial charge < -0.3 is 9.47 Å². The van der Waals surface area contributed by atoms with E-state index in [9.17, 15) is 0 Å². The number of aromatic nitrogens is 5. The van der Waals surface area contributed by atoms with Crippen LogP contribution in [0, 0.1) is 0 Å². The van der Waals surface area contributed by atoms with Crippen LogP contribution in [0.1, 0.15) is 36.8 Å². The predicted octanol–water partition coefficient (Wildman–Crippen LogP) is 3.72. The van der Waals surface area contributed by atoms with E-state index >= 15 is 0 Å². The molecule has 2 aliphatic heterocycles. The summed E-state index contributed by atoms with van der Waals surface area (Å²) in [6.07, 6.45) is 3.50. The average molecular weight is 445 g/mol. The summed E-state index contributed by atoms with van der Waals surface area (Å²) in [5.41, 5.74) is 7.36. The topological polar surface area (TPSA) is 80.6 Å². The second-order valence-corrected chi connectivity index (χ2v) is 9.31. The van der Waals surface area contributed by atoms with Crippen molar-refractivity contribution in [2.45, 2.75) is 31.7 Å². The summed E-state index contributed by atoms with van der Waals surface area (Å²) in [6, 6.07) is 11.6. The lowest BCUT2D eigenvalue weighted by Crippen LogP contribution is -2.58. The molecule has 0 saturated carbocycles. The van der Waals surface area contributed by atoms with E-state index < -0.39 is 0 Å². The van der Waals surface area contributed by atoms with Gasteiger partial charge in [-0.15, -0.1) is 0 Å². The molecule has 0 aliphatic carbocycles. The molecule has 8 heteroatoms. The van der Waals surface area contributed by atoms with Crippen LogP contribution >= 0.6 is 0 Å². The molecule has 2 fully saturated rings. The lowest BCUT2D eigenvalue weighted by molar-refractivity contribution is -0.0906. The van der Waals surface area contributed by atoms with Crippen LogP contribution in [0.4, 0.5) is 0 Å². The quantitative estimate of drug-likeness (QED) is 0.488. The number of aromatic amines is 1. The van der Waals surface area contributed by atoms with Crippen molar-refractivity contribution >= 4 is 5.65 Å². The van der Waals surface area contributed by atoms with Gasteiger partial charge in [-0.25, -0.2) is 9.50 Å². The Balaban J connectivity index is 1.30. The summed E-state index contributed by atoms with van der Waals surface area (Å²) in [6.45, 7) is 8.43. The molecule has 0 unspecified atom stereocenters. The zero-order valence-electron chi connectivity index (χ0n) is 19.2. The number of nitrogens with zero attached hydrogens (tertiary/aromatic N) is 5. The number of hydrogen-bond donors (Lipinski definition) is 1. The number of nitrogens with one attached hydrogen (secondary N) is 1. The SMILES string of the molecule is COc1cc(-c2[nH]nc(-c3ccc(C4CN(C5COC5)C4)cc3)c2C(C)C)cn2ncnc12. The van der Waals surface area contributed by atoms with Gasteiger partial charge in [0.25, 0.3) is 0 Å². The molecular weight excluding hydrogens is 416 g/mol. The van der Waals surface area contributed by atoms with E-state index in [4.69, 9.17) is 14.6 Å². The minimum absolute atomic E-state index is 0.288. The number of likely N-dealkylation sites (tertiary alicyclic amines) is 1. The number of ether oxygens (including phenoxy) is 2. The fourth-order valence-electron chi connectivity index (χ4n) is 4.90. The van der Waals surface area contributed by atoms with Crippen LogP contribution in [0.2, 0.25) is 0 Å². The Bertz CT molecular complexity index is 1280. The van der Waals surface area contributed by atoms with Gasteiger partial charge in [-0.1, -0.05) is 38.1 Å². The fourth-order valence-corrected chi connectivity index (χ4v) is 4.90. The molecule has 0 spiro atoms. The molecule has 0 amide bonds. The lowest BCUT2D eigenvalue weighted by Gasteiger charge is -2.47. The van der Waals surface area contributed by atoms with E-state index in [1.165, 1.54) is 17.5 Å². The molecule has 0 atom stereocenters. The Kier molecular flexibility index (Phi) is 4.92. The second kappa shape index (κ2) is 7.97. The molecule has 1 N–H and O–H groups in total. The third-order valence-electron chi connectivity index (χ3n) is 6.93. The Morgan fingerprint density at radius 2 is 1.91 bits per heavy atom. The Morgan fingerprint density at radius 3 is 2.58 bits per heavy atom. The van der Waals surface area contributed by atoms with Gasteiger partial charge >= 0.3 is 0 Å². The van der Waals surface area contributed by atoms with E-state index in [1.54, 1.807) is 11.6 Å². The van der Waals surface area contributed by atoms with E-state index in [2.05, 4.69) is 58.2 Å². The van der Waals surface area contributed by atoms with E-state index in [1.807, 2.05) is 12.3 Å². The molecule has 8 nitrogen and oxygen atoms in total. The molecule has 170 valence electrons. The van der Waals surface area contributed by atoms with Crippen molar-refractivity contribution in [2.24, 2.45) is 0 Å². The number of H-pyrrole nitrogens is 1. The van der Waals surface area contributed by atoms with Crippen molar-refractivity contribution in [2.75, 3.05) is 33.4 Å². The fraction of sp³-hybridized carbons (Fsp3) is 0.400. The molecule has 0 radical (unpaired) electrons. The highest BCUT2D eigenvalue weighted by atomic mass is 16.5. The van der Waals surface area contributed by atoms with Crippen LogP contribution in [0.3, 0.4) is 0 Å². The first kappa shape index (κ1) is 20.4. The van der Waals surface area contributed by atoms with Gasteiger partial charge in [-0.3, -0.25) is 10.00 Å². The van der Waals surface area contributed by atoms with Crippen LogP contribution in [0.5, 0.6) is 5.75 Å². The Hall–Kier alpha value is -3.23. The van der Waals surface area contributed by atoms with Crippen molar-refractivity contribution in [3.63, 3.8) is 0 Å². The second-order valence-electron chi connectivity index (χ2n) is 9.31. The number of pyridine rings is 1. The molecule has 2 aliphatic rings. The highest BCUT2D eigenvalue weighted by Gasteiger charge is 2.36. The van der Waals surface area contributed by atoms with Crippen LogP contribution in [0.15, 0.2) is 42.9 Å². The molecule has 4 aromatic rings. The summed E-state index contributed by atoms with van der Waals surface area (Å²) < 4.78 is 12.6. The monoisotopic (exact) mass is 444 g/mol. The maximum absolute atomic E-state index is 5.56. The van der Waals surface area contributed by atoms with Gasteiger partial charge in [0.1, 0.15) is 6.33 Å². The van der Waals surface area contributed by atoms with Crippen LogP contribution in [0.25, 0.3) is 28.2 Å². The minimum atomic E-state index is 0.288. The first-order valence-electron chi connectivity index (χ1n) is 11.5. The van der Waals surface area contributed by atoms with Crippen LogP contribution in [-0.2, 0) is 4.74 Å². The van der Waals surface area contributed by atoms with Gasteiger partial charge in [0.05, 0.1) is 37.8 Å². The third-order valence-corrected chi connectivity index (χ3v) is 6.93. The number of hydrogen-bond acceptors (Lipinski definition) is 6. The molecule has 1 aromatic carbocycles. The first-order valence-corrected chi connectivity index (χ1v) is 11.5. The number of benzene rings is 1. The first-order chi connectivity index (χ1) is 16.1. The standard InChI is InChI=1S/C25H28N6O2/c1-15(2)22-23(17-6-4-16(5-7-17)19-9-30(10-19)20-12-33-13-20)28-29-24(22)18-8-21(32-3)25-26-14-27-31(25)11-18/h4-8,11,14-15,19-20H,9-10,12-13H2,1-3H3,(H,28,29). The summed E-state index contributed by atoms with van der Waals surface area (Å²) in [7, 11) is 1.65. The molecule has 3 aromatic heterocycles. The third kappa shape index (κ3) is 3.41. The maximum Gasteiger partial charge on any atom is 0.197 e. The zero-order chi connectivity index (χ0) is 22.5. The van der Waals surface area contributed by atoms with Crippen molar-refractivity contribution in [3.8, 4) is 28.3 Å². The molecule has 0 bridgehead atoms. The normalized spacial score (nSPS) is 17.5. The van der Waals surface area contributed by atoms with E-state index in [0.29, 0.717) is 23.4 Å². The highest BCUT2D eigenvalue weighted by molar-refractivity contribution is 5.76. The molecular formula is C25H28N6O2. The van der Waals surface area contributed by atoms with Gasteiger partial charge in [-0.2, -0.15) is 10.2 Å². The van der Waals surface area contributed by atoms with Gasteiger partial charge in [0, 0.05) is 41.9 Å². The average Bonchev–Trinajstić information content (AvgIpc) is 3.41. The van der Waals surface area contributed by atoms with E-state index in [0.717, 1.165) is 48.8 Å². The molecule has 6 rings (SSSR count). The number of methoxy groups -OCH3 is 1. The maximum atomic E-state index is 5.56. The summed E-state index contributed by atoms with van der Waals surface area (Å²) in [5, 5.41) is 12.3.